The molecule has 3 nitrogen and oxygen atoms in total. The number of piperidine rings is 1. The highest BCUT2D eigenvalue weighted by molar-refractivity contribution is 7.80. The Bertz CT molecular complexity index is 512. The topological polar surface area (TPSA) is 24.5 Å². The van der Waals surface area contributed by atoms with Crippen molar-refractivity contribution in [2.45, 2.75) is 38.5 Å². The minimum absolute atomic E-state index is 0.810. The Kier molecular flexibility index (Phi) is 5.68. The normalized spacial score (nSPS) is 18.6. The lowest BCUT2D eigenvalue weighted by Gasteiger charge is -2.26. The molecule has 0 aromatic heterocycles. The maximum atomic E-state index is 6.04. The maximum absolute atomic E-state index is 6.04. The number of hydrogen-bond donors (Lipinski definition) is 1. The van der Waals surface area contributed by atoms with Crippen molar-refractivity contribution in [3.05, 3.63) is 29.3 Å². The van der Waals surface area contributed by atoms with Crippen LogP contribution < -0.4 is 10.1 Å². The van der Waals surface area contributed by atoms with Crippen molar-refractivity contribution >= 4 is 17.2 Å². The van der Waals surface area contributed by atoms with E-state index in [1.54, 1.807) is 0 Å². The fraction of sp³-hybridized carbons (Fsp3) is 0.611. The predicted molar refractivity (Wildman–Crippen MR) is 94.9 cm³/mol. The zero-order valence-electron chi connectivity index (χ0n) is 13.3. The third kappa shape index (κ3) is 3.99. The van der Waals surface area contributed by atoms with Gasteiger partial charge in [0.05, 0.1) is 6.61 Å². The predicted octanol–water partition coefficient (Wildman–Crippen LogP) is 3.15. The summed E-state index contributed by atoms with van der Waals surface area (Å²) in [4.78, 5) is 3.45. The molecule has 4 heteroatoms. The number of likely N-dealkylation sites (tertiary alicyclic amines) is 1. The molecule has 1 aromatic carbocycles. The van der Waals surface area contributed by atoms with Crippen LogP contribution in [0.25, 0.3) is 0 Å². The monoisotopic (exact) mass is 318 g/mol. The van der Waals surface area contributed by atoms with E-state index in [0.29, 0.717) is 0 Å². The van der Waals surface area contributed by atoms with Gasteiger partial charge in [-0.3, -0.25) is 0 Å². The lowest BCUT2D eigenvalue weighted by molar-refractivity contribution is 0.215. The van der Waals surface area contributed by atoms with Gasteiger partial charge in [-0.15, -0.1) is 0 Å². The van der Waals surface area contributed by atoms with Crippen molar-refractivity contribution in [3.8, 4) is 5.75 Å². The Morgan fingerprint density at radius 2 is 2.00 bits per heavy atom. The molecule has 0 spiro atoms. The minimum Gasteiger partial charge on any atom is -0.493 e. The van der Waals surface area contributed by atoms with Gasteiger partial charge in [-0.25, -0.2) is 0 Å². The van der Waals surface area contributed by atoms with E-state index < -0.39 is 0 Å². The summed E-state index contributed by atoms with van der Waals surface area (Å²) in [5.41, 5.74) is 2.43. The molecule has 1 aromatic rings. The van der Waals surface area contributed by atoms with E-state index in [1.165, 1.54) is 50.9 Å². The first-order valence-corrected chi connectivity index (χ1v) is 9.00. The number of ether oxygens (including phenoxy) is 1. The molecule has 1 fully saturated rings. The lowest BCUT2D eigenvalue weighted by Crippen LogP contribution is -2.31. The lowest BCUT2D eigenvalue weighted by atomic mass is 10.00. The summed E-state index contributed by atoms with van der Waals surface area (Å²) < 4.78 is 6.04. The van der Waals surface area contributed by atoms with Crippen LogP contribution >= 0.6 is 12.2 Å². The van der Waals surface area contributed by atoms with Crippen LogP contribution in [0.2, 0.25) is 0 Å². The van der Waals surface area contributed by atoms with Crippen LogP contribution in [0.1, 0.15) is 43.2 Å². The Morgan fingerprint density at radius 1 is 1.14 bits per heavy atom. The summed E-state index contributed by atoms with van der Waals surface area (Å²) in [6, 6.07) is 6.21. The van der Waals surface area contributed by atoms with E-state index in [2.05, 4.69) is 22.3 Å². The van der Waals surface area contributed by atoms with Gasteiger partial charge in [0.1, 0.15) is 10.7 Å². The van der Waals surface area contributed by atoms with Crippen molar-refractivity contribution < 1.29 is 4.74 Å². The van der Waals surface area contributed by atoms with Crippen molar-refractivity contribution in [1.29, 1.82) is 0 Å². The average molecular weight is 318 g/mol. The first-order valence-electron chi connectivity index (χ1n) is 8.60. The molecule has 2 aliphatic heterocycles. The second kappa shape index (κ2) is 7.93. The number of nitrogens with zero attached hydrogens (tertiary/aromatic N) is 1. The van der Waals surface area contributed by atoms with Gasteiger partial charge in [0.15, 0.2) is 0 Å². The molecule has 3 rings (SSSR count). The number of thiocarbonyl (C=S) groups is 1. The zero-order valence-corrected chi connectivity index (χ0v) is 14.1. The molecule has 0 aliphatic carbocycles. The van der Waals surface area contributed by atoms with Crippen LogP contribution in [-0.2, 0) is 6.42 Å². The third-order valence-electron chi connectivity index (χ3n) is 4.61. The van der Waals surface area contributed by atoms with Gasteiger partial charge in [-0.1, -0.05) is 30.8 Å². The van der Waals surface area contributed by atoms with E-state index in [1.807, 2.05) is 6.07 Å². The summed E-state index contributed by atoms with van der Waals surface area (Å²) in [5, 5.41) is 3.25. The standard InChI is InChI=1S/C18H26N2OS/c22-18-16-7-6-8-17(15(16)9-10-19-18)21-14-5-4-13-20-11-2-1-3-12-20/h6-8H,1-5,9-14H2,(H,19,22). The third-order valence-corrected chi connectivity index (χ3v) is 4.98. The molecule has 1 saturated heterocycles. The molecular formula is C18H26N2OS. The second-order valence-corrected chi connectivity index (χ2v) is 6.65. The minimum atomic E-state index is 0.810. The summed E-state index contributed by atoms with van der Waals surface area (Å²) >= 11 is 5.37. The van der Waals surface area contributed by atoms with Crippen LogP contribution in [0.5, 0.6) is 5.75 Å². The summed E-state index contributed by atoms with van der Waals surface area (Å²) in [6.07, 6.45) is 7.52. The largest absolute Gasteiger partial charge is 0.493 e. The molecule has 2 heterocycles. The molecule has 120 valence electrons. The number of benzene rings is 1. The maximum Gasteiger partial charge on any atom is 0.123 e. The molecule has 1 N–H and O–H groups in total. The molecule has 0 saturated carbocycles. The van der Waals surface area contributed by atoms with Crippen molar-refractivity contribution in [2.75, 3.05) is 32.8 Å². The highest BCUT2D eigenvalue weighted by Crippen LogP contribution is 2.25. The van der Waals surface area contributed by atoms with E-state index in [0.717, 1.165) is 42.3 Å². The Labute approximate surface area is 139 Å². The van der Waals surface area contributed by atoms with Crippen LogP contribution in [0.15, 0.2) is 18.2 Å². The molecule has 0 atom stereocenters. The number of nitrogens with one attached hydrogen (secondary N) is 1. The molecule has 0 unspecified atom stereocenters. The van der Waals surface area contributed by atoms with E-state index in [4.69, 9.17) is 17.0 Å². The van der Waals surface area contributed by atoms with Crippen molar-refractivity contribution in [1.82, 2.24) is 10.2 Å². The molecule has 2 aliphatic rings. The first-order chi connectivity index (χ1) is 10.8. The molecule has 0 radical (unpaired) electrons. The highest BCUT2D eigenvalue weighted by Gasteiger charge is 2.17. The van der Waals surface area contributed by atoms with Crippen molar-refractivity contribution in [3.63, 3.8) is 0 Å². The number of rotatable bonds is 6. The quantitative estimate of drug-likeness (QED) is 0.643. The highest BCUT2D eigenvalue weighted by atomic mass is 32.1. The smallest absolute Gasteiger partial charge is 0.123 e. The molecule has 0 bridgehead atoms. The Morgan fingerprint density at radius 3 is 2.86 bits per heavy atom. The van der Waals surface area contributed by atoms with Crippen LogP contribution in [0.3, 0.4) is 0 Å². The SMILES string of the molecule is S=C1NCCc2c(OCCCCN3CCCCC3)cccc21. The Hall–Kier alpha value is -1.13. The fourth-order valence-corrected chi connectivity index (χ4v) is 3.66. The second-order valence-electron chi connectivity index (χ2n) is 6.25. The van der Waals surface area contributed by atoms with Crippen LogP contribution in [0, 0.1) is 0 Å². The Balaban J connectivity index is 1.44. The first kappa shape index (κ1) is 15.8. The fourth-order valence-electron chi connectivity index (χ4n) is 3.37. The van der Waals surface area contributed by atoms with Gasteiger partial charge in [-0.05, 0) is 57.8 Å². The van der Waals surface area contributed by atoms with E-state index >= 15 is 0 Å². The van der Waals surface area contributed by atoms with Crippen LogP contribution in [-0.4, -0.2) is 42.7 Å². The zero-order chi connectivity index (χ0) is 15.2. The average Bonchev–Trinajstić information content (AvgIpc) is 2.56. The van der Waals surface area contributed by atoms with Gasteiger partial charge >= 0.3 is 0 Å². The number of unbranched alkanes of at least 4 members (excludes halogenated alkanes) is 1. The van der Waals surface area contributed by atoms with Gasteiger partial charge < -0.3 is 15.0 Å². The van der Waals surface area contributed by atoms with E-state index in [9.17, 15) is 0 Å². The summed E-state index contributed by atoms with van der Waals surface area (Å²) in [5.74, 6) is 1.03. The van der Waals surface area contributed by atoms with Gasteiger partial charge in [0.25, 0.3) is 0 Å². The van der Waals surface area contributed by atoms with Crippen molar-refractivity contribution in [2.24, 2.45) is 0 Å². The summed E-state index contributed by atoms with van der Waals surface area (Å²) in [7, 11) is 0. The molecule has 0 amide bonds. The number of hydrogen-bond acceptors (Lipinski definition) is 3. The van der Waals surface area contributed by atoms with E-state index in [-0.39, 0.29) is 0 Å². The van der Waals surface area contributed by atoms with Crippen LogP contribution in [0.4, 0.5) is 0 Å². The molecular weight excluding hydrogens is 292 g/mol. The molecule has 22 heavy (non-hydrogen) atoms. The van der Waals surface area contributed by atoms with Gasteiger partial charge in [0, 0.05) is 17.7 Å². The summed E-state index contributed by atoms with van der Waals surface area (Å²) in [6.45, 7) is 5.53. The van der Waals surface area contributed by atoms with Gasteiger partial charge in [-0.2, -0.15) is 0 Å². The number of fused-ring (bicyclic) bond motifs is 1. The van der Waals surface area contributed by atoms with Gasteiger partial charge in [0.2, 0.25) is 0 Å².